The van der Waals surface area contributed by atoms with Crippen LogP contribution < -0.4 is 10.2 Å². The van der Waals surface area contributed by atoms with Gasteiger partial charge in [0.25, 0.3) is 0 Å². The third kappa shape index (κ3) is 2.29. The van der Waals surface area contributed by atoms with E-state index < -0.39 is 0 Å². The van der Waals surface area contributed by atoms with Gasteiger partial charge in [-0.25, -0.2) is 9.37 Å². The monoisotopic (exact) mass is 283 g/mol. The van der Waals surface area contributed by atoms with E-state index in [-0.39, 0.29) is 5.82 Å². The lowest BCUT2D eigenvalue weighted by Crippen LogP contribution is -2.17. The first-order chi connectivity index (χ1) is 10.3. The number of benzene rings is 1. The second kappa shape index (κ2) is 5.11. The molecule has 0 saturated carbocycles. The Bertz CT molecular complexity index is 665. The molecule has 0 unspecified atom stereocenters. The van der Waals surface area contributed by atoms with E-state index in [2.05, 4.69) is 27.3 Å². The van der Waals surface area contributed by atoms with E-state index in [1.165, 1.54) is 30.0 Å². The molecule has 2 aromatic rings. The number of nitrogens with zero attached hydrogens (tertiary/aromatic N) is 2. The van der Waals surface area contributed by atoms with E-state index >= 15 is 0 Å². The molecule has 3 heterocycles. The Kier molecular flexibility index (Phi) is 3.11. The average molecular weight is 283 g/mol. The Morgan fingerprint density at radius 2 is 2.19 bits per heavy atom. The minimum Gasteiger partial charge on any atom is -0.326 e. The van der Waals surface area contributed by atoms with E-state index in [0.29, 0.717) is 6.04 Å². The van der Waals surface area contributed by atoms with Crippen molar-refractivity contribution in [3.05, 3.63) is 53.5 Å². The molecule has 21 heavy (non-hydrogen) atoms. The standard InChI is InChI=1S/C17H18FN3/c18-14-4-3-12-6-9-21(16(12)11-14)17-10-13(5-8-20-17)15-2-1-7-19-15/h3-5,8,10-11,15,19H,1-2,6-7,9H2/t15-/m0/s1. The van der Waals surface area contributed by atoms with Gasteiger partial charge in [0.15, 0.2) is 0 Å². The molecule has 2 aliphatic heterocycles. The molecule has 0 spiro atoms. The number of nitrogens with one attached hydrogen (secondary N) is 1. The van der Waals surface area contributed by atoms with Crippen LogP contribution in [0.25, 0.3) is 0 Å². The lowest BCUT2D eigenvalue weighted by Gasteiger charge is -2.20. The lowest BCUT2D eigenvalue weighted by atomic mass is 10.1. The van der Waals surface area contributed by atoms with Gasteiger partial charge in [-0.3, -0.25) is 0 Å². The first kappa shape index (κ1) is 12.8. The van der Waals surface area contributed by atoms with Crippen LogP contribution in [0, 0.1) is 5.82 Å². The van der Waals surface area contributed by atoms with Crippen LogP contribution in [0.4, 0.5) is 15.9 Å². The van der Waals surface area contributed by atoms with Crippen molar-refractivity contribution in [1.82, 2.24) is 10.3 Å². The van der Waals surface area contributed by atoms with E-state index in [1.807, 2.05) is 12.3 Å². The van der Waals surface area contributed by atoms with Gasteiger partial charge in [-0.15, -0.1) is 0 Å². The van der Waals surface area contributed by atoms with Crippen LogP contribution in [0.3, 0.4) is 0 Å². The van der Waals surface area contributed by atoms with Crippen molar-refractivity contribution in [3.8, 4) is 0 Å². The minimum atomic E-state index is -0.186. The SMILES string of the molecule is Fc1ccc2c(c1)N(c1cc([C@@H]3CCCN3)ccn1)CC2. The summed E-state index contributed by atoms with van der Waals surface area (Å²) in [6, 6.07) is 9.69. The molecule has 4 rings (SSSR count). The molecule has 0 amide bonds. The molecule has 1 N–H and O–H groups in total. The zero-order chi connectivity index (χ0) is 14.2. The zero-order valence-corrected chi connectivity index (χ0v) is 11.8. The van der Waals surface area contributed by atoms with E-state index in [1.54, 1.807) is 6.07 Å². The van der Waals surface area contributed by atoms with Gasteiger partial charge in [0, 0.05) is 24.5 Å². The first-order valence-electron chi connectivity index (χ1n) is 7.56. The Labute approximate surface area is 123 Å². The fraction of sp³-hybridized carbons (Fsp3) is 0.353. The highest BCUT2D eigenvalue weighted by atomic mass is 19.1. The van der Waals surface area contributed by atoms with Gasteiger partial charge in [0.05, 0.1) is 0 Å². The Hall–Kier alpha value is -1.94. The van der Waals surface area contributed by atoms with Gasteiger partial charge in [-0.05, 0) is 61.2 Å². The number of halogens is 1. The van der Waals surface area contributed by atoms with Gasteiger partial charge in [0.1, 0.15) is 11.6 Å². The van der Waals surface area contributed by atoms with Crippen LogP contribution in [0.1, 0.15) is 30.0 Å². The van der Waals surface area contributed by atoms with Crippen molar-refractivity contribution < 1.29 is 4.39 Å². The predicted octanol–water partition coefficient (Wildman–Crippen LogP) is 3.34. The third-order valence-electron chi connectivity index (χ3n) is 4.45. The summed E-state index contributed by atoms with van der Waals surface area (Å²) >= 11 is 0. The molecular formula is C17H18FN3. The van der Waals surface area contributed by atoms with Crippen molar-refractivity contribution in [3.63, 3.8) is 0 Å². The molecule has 0 bridgehead atoms. The summed E-state index contributed by atoms with van der Waals surface area (Å²) in [6.45, 7) is 1.95. The van der Waals surface area contributed by atoms with E-state index in [0.717, 1.165) is 31.0 Å². The van der Waals surface area contributed by atoms with Crippen molar-refractivity contribution >= 4 is 11.5 Å². The fourth-order valence-electron chi connectivity index (χ4n) is 3.36. The van der Waals surface area contributed by atoms with Crippen LogP contribution in [-0.4, -0.2) is 18.1 Å². The molecule has 2 aliphatic rings. The highest BCUT2D eigenvalue weighted by Gasteiger charge is 2.23. The molecule has 3 nitrogen and oxygen atoms in total. The lowest BCUT2D eigenvalue weighted by molar-refractivity contribution is 0.628. The van der Waals surface area contributed by atoms with Gasteiger partial charge in [-0.2, -0.15) is 0 Å². The maximum atomic E-state index is 13.5. The number of aromatic nitrogens is 1. The van der Waals surface area contributed by atoms with Gasteiger partial charge >= 0.3 is 0 Å². The summed E-state index contributed by atoms with van der Waals surface area (Å²) in [6.07, 6.45) is 5.21. The van der Waals surface area contributed by atoms with E-state index in [4.69, 9.17) is 0 Å². The topological polar surface area (TPSA) is 28.2 Å². The molecular weight excluding hydrogens is 265 g/mol. The highest BCUT2D eigenvalue weighted by molar-refractivity contribution is 5.67. The van der Waals surface area contributed by atoms with Crippen molar-refractivity contribution in [2.24, 2.45) is 0 Å². The van der Waals surface area contributed by atoms with Crippen molar-refractivity contribution in [2.45, 2.75) is 25.3 Å². The van der Waals surface area contributed by atoms with E-state index in [9.17, 15) is 4.39 Å². The predicted molar refractivity (Wildman–Crippen MR) is 81.3 cm³/mol. The largest absolute Gasteiger partial charge is 0.326 e. The van der Waals surface area contributed by atoms with Crippen LogP contribution in [0.15, 0.2) is 36.5 Å². The molecule has 108 valence electrons. The van der Waals surface area contributed by atoms with Gasteiger partial charge in [0.2, 0.25) is 0 Å². The molecule has 1 aromatic heterocycles. The normalized spacial score (nSPS) is 20.8. The first-order valence-corrected chi connectivity index (χ1v) is 7.56. The van der Waals surface area contributed by atoms with Gasteiger partial charge < -0.3 is 10.2 Å². The summed E-state index contributed by atoms with van der Waals surface area (Å²) in [5, 5.41) is 3.51. The Morgan fingerprint density at radius 3 is 3.05 bits per heavy atom. The maximum absolute atomic E-state index is 13.5. The summed E-state index contributed by atoms with van der Waals surface area (Å²) in [5.41, 5.74) is 3.43. The minimum absolute atomic E-state index is 0.186. The fourth-order valence-corrected chi connectivity index (χ4v) is 3.36. The van der Waals surface area contributed by atoms with Crippen LogP contribution in [-0.2, 0) is 6.42 Å². The van der Waals surface area contributed by atoms with Crippen LogP contribution >= 0.6 is 0 Å². The Morgan fingerprint density at radius 1 is 1.24 bits per heavy atom. The molecule has 0 radical (unpaired) electrons. The van der Waals surface area contributed by atoms with Crippen molar-refractivity contribution in [2.75, 3.05) is 18.0 Å². The maximum Gasteiger partial charge on any atom is 0.133 e. The molecule has 1 atom stereocenters. The number of anilines is 2. The number of pyridine rings is 1. The molecule has 0 aliphatic carbocycles. The van der Waals surface area contributed by atoms with Crippen LogP contribution in [0.5, 0.6) is 0 Å². The highest BCUT2D eigenvalue weighted by Crippen LogP contribution is 2.35. The number of hydrogen-bond acceptors (Lipinski definition) is 3. The van der Waals surface area contributed by atoms with Crippen molar-refractivity contribution in [1.29, 1.82) is 0 Å². The Balaban J connectivity index is 1.69. The second-order valence-corrected chi connectivity index (χ2v) is 5.77. The summed E-state index contributed by atoms with van der Waals surface area (Å²) in [7, 11) is 0. The number of hydrogen-bond donors (Lipinski definition) is 1. The number of rotatable bonds is 2. The molecule has 4 heteroatoms. The van der Waals surface area contributed by atoms with Gasteiger partial charge in [-0.1, -0.05) is 6.07 Å². The smallest absolute Gasteiger partial charge is 0.133 e. The summed E-state index contributed by atoms with van der Waals surface area (Å²) in [5.74, 6) is 0.736. The van der Waals surface area contributed by atoms with Crippen LogP contribution in [0.2, 0.25) is 0 Å². The zero-order valence-electron chi connectivity index (χ0n) is 11.8. The quantitative estimate of drug-likeness (QED) is 0.916. The second-order valence-electron chi connectivity index (χ2n) is 5.77. The summed E-state index contributed by atoms with van der Waals surface area (Å²) in [4.78, 5) is 6.62. The average Bonchev–Trinajstić information content (AvgIpc) is 3.16. The summed E-state index contributed by atoms with van der Waals surface area (Å²) < 4.78 is 13.5. The molecule has 1 fully saturated rings. The molecule has 1 aromatic carbocycles. The third-order valence-corrected chi connectivity index (χ3v) is 4.45. The molecule has 1 saturated heterocycles. The number of fused-ring (bicyclic) bond motifs is 1.